The fourth-order valence-corrected chi connectivity index (χ4v) is 0.877. The van der Waals surface area contributed by atoms with Crippen molar-refractivity contribution in [3.05, 3.63) is 5.82 Å². The average molecular weight is 194 g/mol. The molecule has 13 heavy (non-hydrogen) atoms. The van der Waals surface area contributed by atoms with Gasteiger partial charge in [0, 0.05) is 6.54 Å². The van der Waals surface area contributed by atoms with Crippen molar-refractivity contribution in [3.8, 4) is 0 Å². The quantitative estimate of drug-likeness (QED) is 0.713. The Balaban J connectivity index is 2.90. The normalized spacial score (nSPS) is 12.5. The minimum absolute atomic E-state index is 0.0737. The summed E-state index contributed by atoms with van der Waals surface area (Å²) in [6, 6.07) is 0. The SMILES string of the molecule is CC(C)Cn1nnnc1C(F)(F)F. The van der Waals surface area contributed by atoms with Crippen LogP contribution in [0.5, 0.6) is 0 Å². The van der Waals surface area contributed by atoms with Crippen LogP contribution in [0.2, 0.25) is 0 Å². The van der Waals surface area contributed by atoms with E-state index in [0.717, 1.165) is 4.68 Å². The molecule has 0 N–H and O–H groups in total. The van der Waals surface area contributed by atoms with Crippen molar-refractivity contribution >= 4 is 0 Å². The first-order valence-corrected chi connectivity index (χ1v) is 3.74. The molecule has 0 unspecified atom stereocenters. The number of hydrogen-bond donors (Lipinski definition) is 0. The Labute approximate surface area is 72.7 Å². The van der Waals surface area contributed by atoms with E-state index in [-0.39, 0.29) is 12.5 Å². The summed E-state index contributed by atoms with van der Waals surface area (Å²) in [5.74, 6) is -0.967. The second kappa shape index (κ2) is 3.31. The number of alkyl halides is 3. The van der Waals surface area contributed by atoms with Gasteiger partial charge in [0.05, 0.1) is 0 Å². The highest BCUT2D eigenvalue weighted by Gasteiger charge is 2.37. The van der Waals surface area contributed by atoms with Crippen LogP contribution in [0.25, 0.3) is 0 Å². The molecule has 0 aromatic carbocycles. The summed E-state index contributed by atoms with van der Waals surface area (Å²) >= 11 is 0. The van der Waals surface area contributed by atoms with Crippen molar-refractivity contribution in [1.29, 1.82) is 0 Å². The molecule has 0 aliphatic rings. The second-order valence-electron chi connectivity index (χ2n) is 3.08. The smallest absolute Gasteiger partial charge is 0.221 e. The minimum atomic E-state index is -4.47. The van der Waals surface area contributed by atoms with E-state index in [1.807, 2.05) is 0 Å². The Hall–Kier alpha value is -1.14. The van der Waals surface area contributed by atoms with E-state index in [2.05, 4.69) is 15.5 Å². The van der Waals surface area contributed by atoms with Gasteiger partial charge in [-0.05, 0) is 16.3 Å². The molecule has 0 aliphatic carbocycles. The fourth-order valence-electron chi connectivity index (χ4n) is 0.877. The molecule has 0 saturated carbocycles. The van der Waals surface area contributed by atoms with Crippen LogP contribution in [0.3, 0.4) is 0 Å². The van der Waals surface area contributed by atoms with Crippen LogP contribution in [0.4, 0.5) is 13.2 Å². The number of nitrogens with zero attached hydrogens (tertiary/aromatic N) is 4. The Bertz CT molecular complexity index is 278. The van der Waals surface area contributed by atoms with Gasteiger partial charge in [-0.3, -0.25) is 0 Å². The predicted molar refractivity (Wildman–Crippen MR) is 37.7 cm³/mol. The molecule has 7 heteroatoms. The van der Waals surface area contributed by atoms with Crippen LogP contribution < -0.4 is 0 Å². The van der Waals surface area contributed by atoms with Gasteiger partial charge in [-0.15, -0.1) is 5.10 Å². The van der Waals surface area contributed by atoms with Gasteiger partial charge in [0.15, 0.2) is 0 Å². The fraction of sp³-hybridized carbons (Fsp3) is 0.833. The molecule has 0 fully saturated rings. The molecule has 0 aliphatic heterocycles. The van der Waals surface area contributed by atoms with Gasteiger partial charge in [-0.2, -0.15) is 13.2 Å². The zero-order chi connectivity index (χ0) is 10.1. The van der Waals surface area contributed by atoms with E-state index in [1.54, 1.807) is 13.8 Å². The highest BCUT2D eigenvalue weighted by molar-refractivity contribution is 4.86. The van der Waals surface area contributed by atoms with Crippen LogP contribution in [-0.4, -0.2) is 20.2 Å². The van der Waals surface area contributed by atoms with E-state index in [9.17, 15) is 13.2 Å². The standard InChI is InChI=1S/C6H9F3N4/c1-4(2)3-13-5(6(7,8)9)10-11-12-13/h4H,3H2,1-2H3. The van der Waals surface area contributed by atoms with Crippen molar-refractivity contribution in [3.63, 3.8) is 0 Å². The van der Waals surface area contributed by atoms with Crippen molar-refractivity contribution in [1.82, 2.24) is 20.2 Å². The lowest BCUT2D eigenvalue weighted by Gasteiger charge is -2.08. The average Bonchev–Trinajstić information content (AvgIpc) is 2.31. The number of tetrazole rings is 1. The van der Waals surface area contributed by atoms with Crippen LogP contribution >= 0.6 is 0 Å². The van der Waals surface area contributed by atoms with Crippen LogP contribution in [-0.2, 0) is 12.7 Å². The van der Waals surface area contributed by atoms with Crippen LogP contribution in [0.15, 0.2) is 0 Å². The molecule has 74 valence electrons. The zero-order valence-corrected chi connectivity index (χ0v) is 7.21. The maximum Gasteiger partial charge on any atom is 0.453 e. The maximum atomic E-state index is 12.2. The Morgan fingerprint density at radius 2 is 2.00 bits per heavy atom. The number of rotatable bonds is 2. The minimum Gasteiger partial charge on any atom is -0.221 e. The first kappa shape index (κ1) is 9.94. The molecular formula is C6H9F3N4. The second-order valence-corrected chi connectivity index (χ2v) is 3.08. The maximum absolute atomic E-state index is 12.2. The first-order valence-electron chi connectivity index (χ1n) is 3.74. The highest BCUT2D eigenvalue weighted by Crippen LogP contribution is 2.26. The van der Waals surface area contributed by atoms with Crippen molar-refractivity contribution < 1.29 is 13.2 Å². The summed E-state index contributed by atoms with van der Waals surface area (Å²) in [7, 11) is 0. The number of aromatic nitrogens is 4. The molecule has 1 aromatic heterocycles. The molecule has 0 amide bonds. The third-order valence-corrected chi connectivity index (χ3v) is 1.32. The zero-order valence-electron chi connectivity index (χ0n) is 7.21. The molecule has 4 nitrogen and oxygen atoms in total. The summed E-state index contributed by atoms with van der Waals surface area (Å²) in [6.07, 6.45) is -4.47. The molecule has 1 rings (SSSR count). The third kappa shape index (κ3) is 2.40. The third-order valence-electron chi connectivity index (χ3n) is 1.32. The van der Waals surface area contributed by atoms with Crippen LogP contribution in [0.1, 0.15) is 19.7 Å². The Kier molecular flexibility index (Phi) is 2.53. The molecular weight excluding hydrogens is 185 g/mol. The molecule has 1 heterocycles. The van der Waals surface area contributed by atoms with Gasteiger partial charge in [-0.25, -0.2) is 4.68 Å². The van der Waals surface area contributed by atoms with Crippen molar-refractivity contribution in [2.45, 2.75) is 26.6 Å². The summed E-state index contributed by atoms with van der Waals surface area (Å²) < 4.78 is 37.3. The molecule has 0 atom stereocenters. The first-order chi connectivity index (χ1) is 5.91. The largest absolute Gasteiger partial charge is 0.453 e. The number of hydrogen-bond acceptors (Lipinski definition) is 3. The summed E-state index contributed by atoms with van der Waals surface area (Å²) in [5, 5.41) is 9.16. The number of halogens is 3. The van der Waals surface area contributed by atoms with Gasteiger partial charge in [0.25, 0.3) is 5.82 Å². The lowest BCUT2D eigenvalue weighted by atomic mass is 10.2. The van der Waals surface area contributed by atoms with Crippen molar-refractivity contribution in [2.24, 2.45) is 5.92 Å². The van der Waals surface area contributed by atoms with Gasteiger partial charge < -0.3 is 0 Å². The monoisotopic (exact) mass is 194 g/mol. The lowest BCUT2D eigenvalue weighted by Crippen LogP contribution is -2.18. The molecule has 0 saturated heterocycles. The molecule has 0 spiro atoms. The Morgan fingerprint density at radius 3 is 2.46 bits per heavy atom. The van der Waals surface area contributed by atoms with Gasteiger partial charge in [0.1, 0.15) is 0 Å². The lowest BCUT2D eigenvalue weighted by molar-refractivity contribution is -0.148. The molecule has 0 radical (unpaired) electrons. The van der Waals surface area contributed by atoms with E-state index < -0.39 is 12.0 Å². The van der Waals surface area contributed by atoms with Gasteiger partial charge in [-0.1, -0.05) is 13.8 Å². The van der Waals surface area contributed by atoms with E-state index in [4.69, 9.17) is 0 Å². The Morgan fingerprint density at radius 1 is 1.38 bits per heavy atom. The van der Waals surface area contributed by atoms with Gasteiger partial charge >= 0.3 is 6.18 Å². The predicted octanol–water partition coefficient (Wildman–Crippen LogP) is 1.35. The van der Waals surface area contributed by atoms with Crippen LogP contribution in [0, 0.1) is 5.92 Å². The molecule has 0 bridgehead atoms. The summed E-state index contributed by atoms with van der Waals surface area (Å²) in [5.41, 5.74) is 0. The van der Waals surface area contributed by atoms with E-state index in [1.165, 1.54) is 0 Å². The summed E-state index contributed by atoms with van der Waals surface area (Å²) in [4.78, 5) is 0. The van der Waals surface area contributed by atoms with Crippen molar-refractivity contribution in [2.75, 3.05) is 0 Å². The molecule has 1 aromatic rings. The summed E-state index contributed by atoms with van der Waals surface area (Å²) in [6.45, 7) is 3.76. The van der Waals surface area contributed by atoms with E-state index in [0.29, 0.717) is 0 Å². The van der Waals surface area contributed by atoms with E-state index >= 15 is 0 Å². The highest BCUT2D eigenvalue weighted by atomic mass is 19.4. The van der Waals surface area contributed by atoms with Gasteiger partial charge in [0.2, 0.25) is 0 Å². The topological polar surface area (TPSA) is 43.6 Å².